The van der Waals surface area contributed by atoms with Crippen molar-refractivity contribution >= 4 is 62.8 Å². The van der Waals surface area contributed by atoms with Crippen LogP contribution in [0.3, 0.4) is 0 Å². The molecule has 0 fully saturated rings. The topological polar surface area (TPSA) is 68.5 Å². The van der Waals surface area contributed by atoms with Crippen LogP contribution in [0.1, 0.15) is 11.1 Å². The second kappa shape index (κ2) is 9.21. The van der Waals surface area contributed by atoms with Gasteiger partial charge in [0.1, 0.15) is 28.4 Å². The molecule has 5 heterocycles. The van der Waals surface area contributed by atoms with Gasteiger partial charge in [0.25, 0.3) is 0 Å². The Balaban J connectivity index is 1.43. The Morgan fingerprint density at radius 3 is 1.67 bits per heavy atom. The third kappa shape index (κ3) is 3.51. The molecule has 3 aliphatic rings. The molecule has 10 rings (SSSR count). The van der Waals surface area contributed by atoms with Gasteiger partial charge in [-0.1, -0.05) is 36.4 Å². The van der Waals surface area contributed by atoms with Crippen molar-refractivity contribution in [2.24, 2.45) is 20.0 Å². The molecule has 230 valence electrons. The van der Waals surface area contributed by atoms with Gasteiger partial charge in [-0.2, -0.15) is 0 Å². The molecule has 2 aromatic heterocycles. The highest BCUT2D eigenvalue weighted by molar-refractivity contribution is 6.52. The van der Waals surface area contributed by atoms with Crippen LogP contribution in [0, 0.1) is 34.9 Å². The molecule has 0 saturated carbocycles. The van der Waals surface area contributed by atoms with Crippen LogP contribution in [-0.4, -0.2) is 27.8 Å². The molecule has 0 spiro atoms. The molecule has 4 bridgehead atoms. The Morgan fingerprint density at radius 1 is 0.479 bits per heavy atom. The standard InChI is InChI=1S/C34H13BF6N6O/c36-22-8-16-17(9-23(22)37)30-42-29(16)43-31-18-10-24(38)26(40)12-20(18)33-45-34-21-13-27(41)25(39)11-19(21)32(44-30)47(34)35(46(31)33)48-28-7-3-5-14-4-1-2-6-15(14)28/h1-13H. The first-order chi connectivity index (χ1) is 23.2. The van der Waals surface area contributed by atoms with Crippen LogP contribution < -0.4 is 15.6 Å². The second-order valence-corrected chi connectivity index (χ2v) is 11.5. The van der Waals surface area contributed by atoms with E-state index in [-0.39, 0.29) is 67.0 Å². The summed E-state index contributed by atoms with van der Waals surface area (Å²) >= 11 is 0. The summed E-state index contributed by atoms with van der Waals surface area (Å²) in [6.07, 6.45) is 0. The first-order valence-electron chi connectivity index (χ1n) is 14.6. The monoisotopic (exact) mass is 646 g/mol. The van der Waals surface area contributed by atoms with Gasteiger partial charge in [-0.3, -0.25) is 8.96 Å². The van der Waals surface area contributed by atoms with E-state index in [1.807, 2.05) is 30.3 Å². The highest BCUT2D eigenvalue weighted by atomic mass is 19.2. The van der Waals surface area contributed by atoms with E-state index in [1.165, 1.54) is 8.96 Å². The van der Waals surface area contributed by atoms with E-state index >= 15 is 0 Å². The van der Waals surface area contributed by atoms with Crippen molar-refractivity contribution in [1.29, 1.82) is 0 Å². The van der Waals surface area contributed by atoms with Crippen molar-refractivity contribution in [3.63, 3.8) is 0 Å². The molecule has 0 N–H and O–H groups in total. The zero-order valence-corrected chi connectivity index (χ0v) is 23.9. The summed E-state index contributed by atoms with van der Waals surface area (Å²) in [4.78, 5) is 18.7. The lowest BCUT2D eigenvalue weighted by molar-refractivity contribution is 0.508. The summed E-state index contributed by atoms with van der Waals surface area (Å²) in [6.45, 7) is 0. The number of hydrogen-bond acceptors (Lipinski definition) is 5. The molecule has 3 aliphatic heterocycles. The van der Waals surface area contributed by atoms with Gasteiger partial charge in [-0.25, -0.2) is 46.3 Å². The van der Waals surface area contributed by atoms with Crippen molar-refractivity contribution in [2.75, 3.05) is 0 Å². The predicted octanol–water partition coefficient (Wildman–Crippen LogP) is 6.78. The first kappa shape index (κ1) is 27.0. The van der Waals surface area contributed by atoms with Gasteiger partial charge < -0.3 is 4.65 Å². The molecule has 0 saturated heterocycles. The second-order valence-electron chi connectivity index (χ2n) is 11.5. The number of nitrogens with zero attached hydrogens (tertiary/aromatic N) is 6. The molecule has 7 aromatic rings. The fourth-order valence-electron chi connectivity index (χ4n) is 6.67. The number of hydrogen-bond donors (Lipinski definition) is 0. The van der Waals surface area contributed by atoms with Crippen molar-refractivity contribution in [3.05, 3.63) is 136 Å². The zero-order chi connectivity index (χ0) is 32.6. The van der Waals surface area contributed by atoms with Crippen LogP contribution in [0.25, 0.3) is 32.3 Å². The van der Waals surface area contributed by atoms with Crippen molar-refractivity contribution < 1.29 is 31.0 Å². The van der Waals surface area contributed by atoms with E-state index in [4.69, 9.17) is 19.6 Å². The number of rotatable bonds is 2. The van der Waals surface area contributed by atoms with Gasteiger partial charge in [0.15, 0.2) is 46.6 Å². The van der Waals surface area contributed by atoms with E-state index < -0.39 is 42.1 Å². The molecule has 0 radical (unpaired) electrons. The van der Waals surface area contributed by atoms with Crippen molar-refractivity contribution in [3.8, 4) is 5.75 Å². The van der Waals surface area contributed by atoms with E-state index in [2.05, 4.69) is 4.99 Å². The third-order valence-electron chi connectivity index (χ3n) is 8.81. The number of halogens is 6. The van der Waals surface area contributed by atoms with Gasteiger partial charge in [-0.15, -0.1) is 0 Å². The number of amidine groups is 2. The molecule has 5 aromatic carbocycles. The Bertz CT molecular complexity index is 2860. The quantitative estimate of drug-likeness (QED) is 0.151. The summed E-state index contributed by atoms with van der Waals surface area (Å²) in [5.74, 6) is -6.80. The summed E-state index contributed by atoms with van der Waals surface area (Å²) in [7, 11) is -1.30. The minimum atomic E-state index is -1.30. The molecule has 7 nitrogen and oxygen atoms in total. The van der Waals surface area contributed by atoms with Crippen LogP contribution in [0.4, 0.5) is 38.0 Å². The van der Waals surface area contributed by atoms with Crippen molar-refractivity contribution in [2.45, 2.75) is 0 Å². The van der Waals surface area contributed by atoms with Crippen LogP contribution in [0.2, 0.25) is 0 Å². The molecule has 0 aliphatic carbocycles. The fourth-order valence-corrected chi connectivity index (χ4v) is 6.67. The van der Waals surface area contributed by atoms with Gasteiger partial charge in [0, 0.05) is 38.1 Å². The summed E-state index contributed by atoms with van der Waals surface area (Å²) < 4.78 is 98.6. The highest BCUT2D eigenvalue weighted by Crippen LogP contribution is 2.42. The summed E-state index contributed by atoms with van der Waals surface area (Å²) in [5.41, 5.74) is 0.200. The molecule has 14 heteroatoms. The summed E-state index contributed by atoms with van der Waals surface area (Å²) in [5, 5.41) is 2.01. The van der Waals surface area contributed by atoms with Gasteiger partial charge in [0.2, 0.25) is 0 Å². The highest BCUT2D eigenvalue weighted by Gasteiger charge is 2.41. The summed E-state index contributed by atoms with van der Waals surface area (Å²) in [6, 6.07) is 18.5. The first-order valence-corrected chi connectivity index (χ1v) is 14.6. The van der Waals surface area contributed by atoms with Gasteiger partial charge in [0.05, 0.1) is 0 Å². The fraction of sp³-hybridized carbons (Fsp3) is 0. The van der Waals surface area contributed by atoms with Crippen LogP contribution in [0.15, 0.2) is 98.8 Å². The maximum absolute atomic E-state index is 14.9. The van der Waals surface area contributed by atoms with Crippen LogP contribution in [-0.2, 0) is 0 Å². The average molecular weight is 646 g/mol. The van der Waals surface area contributed by atoms with E-state index in [9.17, 15) is 26.3 Å². The molecular formula is C34H13BF6N6O. The Kier molecular flexibility index (Phi) is 5.18. The maximum Gasteiger partial charge on any atom is 0.633 e. The lowest BCUT2D eigenvalue weighted by atomic mass is 9.97. The van der Waals surface area contributed by atoms with Gasteiger partial charge in [-0.05, 0) is 47.9 Å². The maximum atomic E-state index is 14.9. The van der Waals surface area contributed by atoms with E-state index in [0.717, 1.165) is 47.2 Å². The lowest BCUT2D eigenvalue weighted by Gasteiger charge is -2.23. The lowest BCUT2D eigenvalue weighted by Crippen LogP contribution is -2.52. The predicted molar refractivity (Wildman–Crippen MR) is 166 cm³/mol. The Morgan fingerprint density at radius 2 is 1.00 bits per heavy atom. The third-order valence-corrected chi connectivity index (χ3v) is 8.81. The Labute approximate surface area is 264 Å². The van der Waals surface area contributed by atoms with Crippen LogP contribution in [0.5, 0.6) is 5.75 Å². The average Bonchev–Trinajstić information content (AvgIpc) is 3.66. The van der Waals surface area contributed by atoms with Crippen molar-refractivity contribution in [1.82, 2.24) is 8.96 Å². The Hall–Kier alpha value is -6.18. The molecule has 48 heavy (non-hydrogen) atoms. The number of fused-ring (bicyclic) bond motifs is 11. The van der Waals surface area contributed by atoms with Gasteiger partial charge >= 0.3 is 7.19 Å². The minimum Gasteiger partial charge on any atom is -0.522 e. The zero-order valence-electron chi connectivity index (χ0n) is 23.9. The number of aromatic nitrogens is 2. The van der Waals surface area contributed by atoms with Crippen LogP contribution >= 0.6 is 0 Å². The minimum absolute atomic E-state index is 0.00260. The SMILES string of the molecule is Fc1cc2c(cc1F)C1=Nc3c4cc(F)c(F)cc4c4n3B(Oc3cccc5ccccc35)n3c(c5cc(F)c(F)cc5c3=N4)=NC2=N1. The number of aliphatic imine (C=N–C) groups is 2. The smallest absolute Gasteiger partial charge is 0.522 e. The molecule has 0 amide bonds. The van der Waals surface area contributed by atoms with E-state index in [1.54, 1.807) is 12.1 Å². The normalized spacial score (nSPS) is 14.2. The van der Waals surface area contributed by atoms with E-state index in [0.29, 0.717) is 5.75 Å². The molecular weight excluding hydrogens is 633 g/mol. The molecule has 0 unspecified atom stereocenters. The molecule has 0 atom stereocenters. The largest absolute Gasteiger partial charge is 0.633 e. The number of benzene rings is 5.